The number of rotatable bonds is 2. The molecule has 106 valence electrons. The van der Waals surface area contributed by atoms with Crippen molar-refractivity contribution < 1.29 is 14.7 Å². The van der Waals surface area contributed by atoms with E-state index in [1.165, 1.54) is 17.4 Å². The predicted octanol–water partition coefficient (Wildman–Crippen LogP) is 2.91. The monoisotopic (exact) mass is 293 g/mol. The Labute approximate surface area is 119 Å². The first-order valence-electron chi connectivity index (χ1n) is 5.98. The van der Waals surface area contributed by atoms with E-state index in [2.05, 4.69) is 15.6 Å². The molecule has 20 heavy (non-hydrogen) atoms. The molecule has 0 aliphatic carbocycles. The molecule has 0 radical (unpaired) electrons. The highest BCUT2D eigenvalue weighted by atomic mass is 32.1. The average Bonchev–Trinajstić information content (AvgIpc) is 2.66. The number of carboxylic acid groups (broad SMARTS) is 1. The third kappa shape index (κ3) is 3.45. The van der Waals surface area contributed by atoms with Crippen LogP contribution in [0.2, 0.25) is 0 Å². The lowest BCUT2D eigenvalue weighted by Crippen LogP contribution is -2.43. The molecule has 2 amide bonds. The molecule has 0 bridgehead atoms. The van der Waals surface area contributed by atoms with Crippen molar-refractivity contribution in [1.29, 1.82) is 0 Å². The minimum atomic E-state index is -0.986. The van der Waals surface area contributed by atoms with Gasteiger partial charge in [-0.05, 0) is 39.0 Å². The SMILES string of the molecule is CC(C)(C)NC(=O)Nc1nc2ccc(C(=O)O)cc2s1. The van der Waals surface area contributed by atoms with E-state index in [0.29, 0.717) is 10.6 Å². The second-order valence-corrected chi connectivity index (χ2v) is 6.37. The fraction of sp³-hybridized carbons (Fsp3) is 0.308. The summed E-state index contributed by atoms with van der Waals surface area (Å²) in [5, 5.41) is 14.8. The van der Waals surface area contributed by atoms with E-state index in [9.17, 15) is 9.59 Å². The smallest absolute Gasteiger partial charge is 0.335 e. The molecule has 0 spiro atoms. The maximum absolute atomic E-state index is 11.7. The Bertz CT molecular complexity index is 673. The molecule has 2 rings (SSSR count). The first-order valence-corrected chi connectivity index (χ1v) is 6.79. The van der Waals surface area contributed by atoms with Crippen LogP contribution in [-0.2, 0) is 0 Å². The molecule has 0 atom stereocenters. The number of carbonyl (C=O) groups is 2. The Morgan fingerprint density at radius 3 is 2.60 bits per heavy atom. The van der Waals surface area contributed by atoms with Crippen LogP contribution in [0.5, 0.6) is 0 Å². The second-order valence-electron chi connectivity index (χ2n) is 5.34. The third-order valence-corrected chi connectivity index (χ3v) is 3.28. The summed E-state index contributed by atoms with van der Waals surface area (Å²) >= 11 is 1.24. The molecule has 0 saturated heterocycles. The molecule has 1 aromatic heterocycles. The number of nitrogens with zero attached hydrogens (tertiary/aromatic N) is 1. The fourth-order valence-corrected chi connectivity index (χ4v) is 2.48. The van der Waals surface area contributed by atoms with Crippen molar-refractivity contribution in [2.45, 2.75) is 26.3 Å². The summed E-state index contributed by atoms with van der Waals surface area (Å²) in [5.41, 5.74) is 0.523. The molecule has 1 heterocycles. The first kappa shape index (κ1) is 14.3. The van der Waals surface area contributed by atoms with Gasteiger partial charge in [0.05, 0.1) is 15.8 Å². The zero-order valence-electron chi connectivity index (χ0n) is 11.4. The quantitative estimate of drug-likeness (QED) is 0.794. The van der Waals surface area contributed by atoms with Crippen LogP contribution in [0.3, 0.4) is 0 Å². The van der Waals surface area contributed by atoms with Crippen LogP contribution >= 0.6 is 11.3 Å². The summed E-state index contributed by atoms with van der Waals surface area (Å²) in [6, 6.07) is 4.32. The van der Waals surface area contributed by atoms with Crippen LogP contribution in [0.4, 0.5) is 9.93 Å². The van der Waals surface area contributed by atoms with Crippen molar-refractivity contribution in [3.8, 4) is 0 Å². The molecular formula is C13H15N3O3S. The minimum absolute atomic E-state index is 0.201. The van der Waals surface area contributed by atoms with Gasteiger partial charge in [-0.1, -0.05) is 11.3 Å². The number of amides is 2. The molecule has 0 saturated carbocycles. The van der Waals surface area contributed by atoms with Gasteiger partial charge in [0, 0.05) is 5.54 Å². The maximum Gasteiger partial charge on any atom is 0.335 e. The molecule has 3 N–H and O–H groups in total. The van der Waals surface area contributed by atoms with E-state index in [-0.39, 0.29) is 17.1 Å². The molecule has 1 aromatic carbocycles. The third-order valence-electron chi connectivity index (χ3n) is 2.34. The van der Waals surface area contributed by atoms with Crippen molar-refractivity contribution in [1.82, 2.24) is 10.3 Å². The molecule has 0 aliphatic rings. The van der Waals surface area contributed by atoms with Crippen LogP contribution in [0.1, 0.15) is 31.1 Å². The zero-order valence-corrected chi connectivity index (χ0v) is 12.2. The topological polar surface area (TPSA) is 91.3 Å². The summed E-state index contributed by atoms with van der Waals surface area (Å²) in [7, 11) is 0. The Kier molecular flexibility index (Phi) is 3.63. The van der Waals surface area contributed by atoms with E-state index in [0.717, 1.165) is 4.70 Å². The van der Waals surface area contributed by atoms with E-state index < -0.39 is 5.97 Å². The largest absolute Gasteiger partial charge is 0.478 e. The number of carbonyl (C=O) groups excluding carboxylic acids is 1. The van der Waals surface area contributed by atoms with E-state index in [4.69, 9.17) is 5.11 Å². The van der Waals surface area contributed by atoms with Crippen LogP contribution in [0.25, 0.3) is 10.2 Å². The van der Waals surface area contributed by atoms with Crippen LogP contribution < -0.4 is 10.6 Å². The number of carboxylic acids is 1. The second kappa shape index (κ2) is 5.09. The Balaban J connectivity index is 2.20. The van der Waals surface area contributed by atoms with Crippen LogP contribution in [-0.4, -0.2) is 27.6 Å². The van der Waals surface area contributed by atoms with Gasteiger partial charge < -0.3 is 10.4 Å². The minimum Gasteiger partial charge on any atom is -0.478 e. The number of urea groups is 1. The normalized spacial score (nSPS) is 11.3. The van der Waals surface area contributed by atoms with E-state index in [1.807, 2.05) is 20.8 Å². The van der Waals surface area contributed by atoms with Gasteiger partial charge >= 0.3 is 12.0 Å². The summed E-state index contributed by atoms with van der Waals surface area (Å²) in [6.07, 6.45) is 0. The number of aromatic carboxylic acids is 1. The summed E-state index contributed by atoms with van der Waals surface area (Å²) < 4.78 is 0.718. The maximum atomic E-state index is 11.7. The number of anilines is 1. The van der Waals surface area contributed by atoms with Gasteiger partial charge in [-0.25, -0.2) is 14.6 Å². The zero-order chi connectivity index (χ0) is 14.9. The number of hydrogen-bond donors (Lipinski definition) is 3. The van der Waals surface area contributed by atoms with Gasteiger partial charge in [-0.2, -0.15) is 0 Å². The van der Waals surface area contributed by atoms with Crippen molar-refractivity contribution in [2.75, 3.05) is 5.32 Å². The van der Waals surface area contributed by atoms with Crippen molar-refractivity contribution in [3.05, 3.63) is 23.8 Å². The van der Waals surface area contributed by atoms with E-state index in [1.54, 1.807) is 12.1 Å². The van der Waals surface area contributed by atoms with Gasteiger partial charge in [-0.3, -0.25) is 5.32 Å². The lowest BCUT2D eigenvalue weighted by molar-refractivity contribution is 0.0697. The van der Waals surface area contributed by atoms with Gasteiger partial charge in [-0.15, -0.1) is 0 Å². The molecule has 0 aliphatic heterocycles. The fourth-order valence-electron chi connectivity index (χ4n) is 1.58. The van der Waals surface area contributed by atoms with Gasteiger partial charge in [0.1, 0.15) is 0 Å². The lowest BCUT2D eigenvalue weighted by atomic mass is 10.1. The molecule has 0 fully saturated rings. The van der Waals surface area contributed by atoms with Crippen molar-refractivity contribution in [3.63, 3.8) is 0 Å². The highest BCUT2D eigenvalue weighted by Crippen LogP contribution is 2.26. The first-order chi connectivity index (χ1) is 9.24. The van der Waals surface area contributed by atoms with Crippen molar-refractivity contribution >= 4 is 38.7 Å². The average molecular weight is 293 g/mol. The van der Waals surface area contributed by atoms with Crippen molar-refractivity contribution in [2.24, 2.45) is 0 Å². The highest BCUT2D eigenvalue weighted by Gasteiger charge is 2.15. The number of aromatic nitrogens is 1. The molecule has 7 heteroatoms. The van der Waals surface area contributed by atoms with Gasteiger partial charge in [0.25, 0.3) is 0 Å². The number of hydrogen-bond acceptors (Lipinski definition) is 4. The summed E-state index contributed by atoms with van der Waals surface area (Å²) in [5.74, 6) is -0.986. The van der Waals surface area contributed by atoms with Crippen LogP contribution in [0.15, 0.2) is 18.2 Å². The Morgan fingerprint density at radius 1 is 1.30 bits per heavy atom. The molecular weight excluding hydrogens is 278 g/mol. The Hall–Kier alpha value is -2.15. The standard InChI is InChI=1S/C13H15N3O3S/c1-13(2,3)16-11(19)15-12-14-8-5-4-7(10(17)18)6-9(8)20-12/h4-6H,1-3H3,(H,17,18)(H2,14,15,16,19). The summed E-state index contributed by atoms with van der Waals surface area (Å²) in [6.45, 7) is 5.64. The van der Waals surface area contributed by atoms with E-state index >= 15 is 0 Å². The van der Waals surface area contributed by atoms with Gasteiger partial charge in [0.2, 0.25) is 0 Å². The number of benzene rings is 1. The number of thiazole rings is 1. The number of fused-ring (bicyclic) bond motifs is 1. The molecule has 2 aromatic rings. The lowest BCUT2D eigenvalue weighted by Gasteiger charge is -2.19. The number of nitrogens with one attached hydrogen (secondary N) is 2. The summed E-state index contributed by atoms with van der Waals surface area (Å²) in [4.78, 5) is 26.9. The Morgan fingerprint density at radius 2 is 2.00 bits per heavy atom. The molecule has 0 unspecified atom stereocenters. The predicted molar refractivity (Wildman–Crippen MR) is 78.5 cm³/mol. The van der Waals surface area contributed by atoms with Crippen LogP contribution in [0, 0.1) is 0 Å². The molecule has 6 nitrogen and oxygen atoms in total. The van der Waals surface area contributed by atoms with Gasteiger partial charge in [0.15, 0.2) is 5.13 Å². The highest BCUT2D eigenvalue weighted by molar-refractivity contribution is 7.22.